The van der Waals surface area contributed by atoms with Crippen LogP contribution < -0.4 is 10.6 Å². The van der Waals surface area contributed by atoms with Crippen LogP contribution in [0.1, 0.15) is 26.3 Å². The van der Waals surface area contributed by atoms with Crippen LogP contribution in [0, 0.1) is 5.92 Å². The second-order valence-electron chi connectivity index (χ2n) is 5.04. The highest BCUT2D eigenvalue weighted by atomic mass is 16.2. The molecule has 1 amide bonds. The summed E-state index contributed by atoms with van der Waals surface area (Å²) in [4.78, 5) is 14.3. The molecule has 1 aromatic rings. The highest BCUT2D eigenvalue weighted by molar-refractivity contribution is 5.97. The third-order valence-corrected chi connectivity index (χ3v) is 3.62. The first-order valence-corrected chi connectivity index (χ1v) is 6.19. The topological polar surface area (TPSA) is 46.3 Å². The molecule has 0 spiro atoms. The van der Waals surface area contributed by atoms with Crippen molar-refractivity contribution in [2.45, 2.75) is 39.3 Å². The molecule has 0 aliphatic carbocycles. The predicted molar refractivity (Wildman–Crippen MR) is 69.9 cm³/mol. The van der Waals surface area contributed by atoms with Crippen molar-refractivity contribution >= 4 is 11.6 Å². The zero-order valence-electron chi connectivity index (χ0n) is 10.7. The predicted octanol–water partition coefficient (Wildman–Crippen LogP) is 1.95. The molecule has 92 valence electrons. The first-order chi connectivity index (χ1) is 8.02. The van der Waals surface area contributed by atoms with Gasteiger partial charge in [0.2, 0.25) is 5.91 Å². The van der Waals surface area contributed by atoms with Gasteiger partial charge in [-0.1, -0.05) is 25.1 Å². The van der Waals surface area contributed by atoms with E-state index in [0.717, 1.165) is 12.1 Å². The Morgan fingerprint density at radius 2 is 2.06 bits per heavy atom. The molecule has 3 unspecified atom stereocenters. The maximum Gasteiger partial charge on any atom is 0.231 e. The molecule has 1 aliphatic rings. The summed E-state index contributed by atoms with van der Waals surface area (Å²) in [5.41, 5.74) is 8.13. The molecule has 1 heterocycles. The molecule has 0 fully saturated rings. The quantitative estimate of drug-likeness (QED) is 0.847. The van der Waals surface area contributed by atoms with E-state index in [-0.39, 0.29) is 23.9 Å². The SMILES string of the molecule is CC(N)C(C)C(=O)N1c2ccccc2CC1C. The van der Waals surface area contributed by atoms with Crippen molar-refractivity contribution in [3.63, 3.8) is 0 Å². The van der Waals surface area contributed by atoms with E-state index in [4.69, 9.17) is 5.73 Å². The van der Waals surface area contributed by atoms with Gasteiger partial charge < -0.3 is 10.6 Å². The number of amides is 1. The van der Waals surface area contributed by atoms with Gasteiger partial charge in [0.15, 0.2) is 0 Å². The number of benzene rings is 1. The van der Waals surface area contributed by atoms with Gasteiger partial charge in [-0.25, -0.2) is 0 Å². The fourth-order valence-corrected chi connectivity index (χ4v) is 2.35. The molecule has 0 bridgehead atoms. The number of carbonyl (C=O) groups excluding carboxylic acids is 1. The Kier molecular flexibility index (Phi) is 3.20. The minimum absolute atomic E-state index is 0.109. The first kappa shape index (κ1) is 12.1. The lowest BCUT2D eigenvalue weighted by Crippen LogP contribution is -2.44. The number of nitrogens with zero attached hydrogens (tertiary/aromatic N) is 1. The number of rotatable bonds is 2. The maximum atomic E-state index is 12.4. The minimum Gasteiger partial charge on any atom is -0.327 e. The molecule has 3 heteroatoms. The van der Waals surface area contributed by atoms with Crippen LogP contribution >= 0.6 is 0 Å². The summed E-state index contributed by atoms with van der Waals surface area (Å²) >= 11 is 0. The van der Waals surface area contributed by atoms with E-state index in [1.807, 2.05) is 36.9 Å². The number of carbonyl (C=O) groups is 1. The van der Waals surface area contributed by atoms with E-state index in [0.29, 0.717) is 0 Å². The largest absolute Gasteiger partial charge is 0.327 e. The summed E-state index contributed by atoms with van der Waals surface area (Å²) in [5, 5.41) is 0. The Morgan fingerprint density at radius 3 is 2.71 bits per heavy atom. The molecule has 2 N–H and O–H groups in total. The molecule has 0 radical (unpaired) electrons. The van der Waals surface area contributed by atoms with E-state index in [1.54, 1.807) is 0 Å². The van der Waals surface area contributed by atoms with E-state index >= 15 is 0 Å². The highest BCUT2D eigenvalue weighted by Gasteiger charge is 2.33. The molecule has 1 aliphatic heterocycles. The lowest BCUT2D eigenvalue weighted by molar-refractivity contribution is -0.122. The zero-order valence-corrected chi connectivity index (χ0v) is 10.7. The van der Waals surface area contributed by atoms with Gasteiger partial charge in [-0.15, -0.1) is 0 Å². The summed E-state index contributed by atoms with van der Waals surface area (Å²) in [6.45, 7) is 5.88. The molecule has 3 atom stereocenters. The molecular weight excluding hydrogens is 212 g/mol. The second kappa shape index (κ2) is 4.49. The monoisotopic (exact) mass is 232 g/mol. The molecule has 0 aromatic heterocycles. The van der Waals surface area contributed by atoms with Crippen molar-refractivity contribution in [3.05, 3.63) is 29.8 Å². The lowest BCUT2D eigenvalue weighted by atomic mass is 10.0. The van der Waals surface area contributed by atoms with Crippen molar-refractivity contribution < 1.29 is 4.79 Å². The van der Waals surface area contributed by atoms with Crippen LogP contribution in [0.15, 0.2) is 24.3 Å². The third kappa shape index (κ3) is 2.07. The maximum absolute atomic E-state index is 12.4. The van der Waals surface area contributed by atoms with Crippen LogP contribution in [0.4, 0.5) is 5.69 Å². The van der Waals surface area contributed by atoms with Crippen molar-refractivity contribution in [2.24, 2.45) is 11.7 Å². The molecule has 1 aromatic carbocycles. The Bertz CT molecular complexity index is 428. The molecular formula is C14H20N2O. The van der Waals surface area contributed by atoms with Crippen LogP contribution in [-0.4, -0.2) is 18.0 Å². The van der Waals surface area contributed by atoms with E-state index < -0.39 is 0 Å². The fraction of sp³-hybridized carbons (Fsp3) is 0.500. The fourth-order valence-electron chi connectivity index (χ4n) is 2.35. The van der Waals surface area contributed by atoms with Crippen molar-refractivity contribution in [3.8, 4) is 0 Å². The minimum atomic E-state index is -0.136. The van der Waals surface area contributed by atoms with Crippen molar-refractivity contribution in [2.75, 3.05) is 4.90 Å². The van der Waals surface area contributed by atoms with Crippen LogP contribution in [0.25, 0.3) is 0 Å². The smallest absolute Gasteiger partial charge is 0.231 e. The molecule has 3 nitrogen and oxygen atoms in total. The second-order valence-corrected chi connectivity index (χ2v) is 5.04. The first-order valence-electron chi connectivity index (χ1n) is 6.19. The van der Waals surface area contributed by atoms with Gasteiger partial charge in [0, 0.05) is 17.8 Å². The van der Waals surface area contributed by atoms with Crippen molar-refractivity contribution in [1.29, 1.82) is 0 Å². The van der Waals surface area contributed by atoms with Crippen LogP contribution in [0.2, 0.25) is 0 Å². The Hall–Kier alpha value is -1.35. The van der Waals surface area contributed by atoms with E-state index in [2.05, 4.69) is 13.0 Å². The lowest BCUT2D eigenvalue weighted by Gasteiger charge is -2.27. The van der Waals surface area contributed by atoms with Crippen LogP contribution in [-0.2, 0) is 11.2 Å². The Morgan fingerprint density at radius 1 is 1.41 bits per heavy atom. The summed E-state index contributed by atoms with van der Waals surface area (Å²) in [7, 11) is 0. The van der Waals surface area contributed by atoms with Gasteiger partial charge in [-0.05, 0) is 31.9 Å². The van der Waals surface area contributed by atoms with Gasteiger partial charge in [0.1, 0.15) is 0 Å². The number of anilines is 1. The van der Waals surface area contributed by atoms with Crippen molar-refractivity contribution in [1.82, 2.24) is 0 Å². The third-order valence-electron chi connectivity index (χ3n) is 3.62. The molecule has 17 heavy (non-hydrogen) atoms. The highest BCUT2D eigenvalue weighted by Crippen LogP contribution is 2.33. The average Bonchev–Trinajstić information content (AvgIpc) is 2.62. The summed E-state index contributed by atoms with van der Waals surface area (Å²) in [6, 6.07) is 8.24. The van der Waals surface area contributed by atoms with Crippen LogP contribution in [0.5, 0.6) is 0 Å². The standard InChI is InChI=1S/C14H20N2O/c1-9-8-12-6-4-5-7-13(12)16(9)14(17)10(2)11(3)15/h4-7,9-11H,8,15H2,1-3H3. The van der Waals surface area contributed by atoms with Gasteiger partial charge in [-0.3, -0.25) is 4.79 Å². The number of hydrogen-bond donors (Lipinski definition) is 1. The number of para-hydroxylation sites is 1. The van der Waals surface area contributed by atoms with Gasteiger partial charge in [0.25, 0.3) is 0 Å². The molecule has 0 saturated carbocycles. The van der Waals surface area contributed by atoms with E-state index in [1.165, 1.54) is 5.56 Å². The zero-order chi connectivity index (χ0) is 12.6. The van der Waals surface area contributed by atoms with Gasteiger partial charge in [-0.2, -0.15) is 0 Å². The Labute approximate surface area is 103 Å². The summed E-state index contributed by atoms with van der Waals surface area (Å²) in [6.07, 6.45) is 0.938. The van der Waals surface area contributed by atoms with Gasteiger partial charge in [0.05, 0.1) is 5.92 Å². The summed E-state index contributed by atoms with van der Waals surface area (Å²) in [5.74, 6) is 0.000978. The molecule has 0 saturated heterocycles. The number of nitrogens with two attached hydrogens (primary N) is 1. The number of fused-ring (bicyclic) bond motifs is 1. The normalized spacial score (nSPS) is 22.1. The number of hydrogen-bond acceptors (Lipinski definition) is 2. The van der Waals surface area contributed by atoms with E-state index in [9.17, 15) is 4.79 Å². The van der Waals surface area contributed by atoms with Gasteiger partial charge >= 0.3 is 0 Å². The average molecular weight is 232 g/mol. The van der Waals surface area contributed by atoms with Crippen LogP contribution in [0.3, 0.4) is 0 Å². The Balaban J connectivity index is 2.30. The molecule has 2 rings (SSSR count). The summed E-state index contributed by atoms with van der Waals surface area (Å²) < 4.78 is 0.